The van der Waals surface area contributed by atoms with Gasteiger partial charge < -0.3 is 25.2 Å². The van der Waals surface area contributed by atoms with Crippen LogP contribution in [0.25, 0.3) is 0 Å². The van der Waals surface area contributed by atoms with Gasteiger partial charge in [-0.3, -0.25) is 23.4 Å². The van der Waals surface area contributed by atoms with Gasteiger partial charge in [0.15, 0.2) is 6.10 Å². The summed E-state index contributed by atoms with van der Waals surface area (Å²) in [6.07, 6.45) is 37.0. The molecule has 12 heteroatoms. The summed E-state index contributed by atoms with van der Waals surface area (Å²) in [7, 11) is -4.71. The number of nitrogens with two attached hydrogens (primary N) is 1. The molecule has 4 N–H and O–H groups in total. The molecule has 0 aromatic heterocycles. The Morgan fingerprint density at radius 1 is 0.556 bits per heavy atom. The van der Waals surface area contributed by atoms with Crippen LogP contribution >= 0.6 is 7.82 Å². The Bertz CT molecular complexity index is 979. The fourth-order valence-electron chi connectivity index (χ4n) is 6.06. The van der Waals surface area contributed by atoms with Gasteiger partial charge >= 0.3 is 25.7 Å². The summed E-state index contributed by atoms with van der Waals surface area (Å²) in [5.74, 6) is -2.38. The van der Waals surface area contributed by atoms with Gasteiger partial charge in [-0.15, -0.1) is 0 Å². The molecule has 54 heavy (non-hydrogen) atoms. The second-order valence-corrected chi connectivity index (χ2v) is 16.3. The minimum Gasteiger partial charge on any atom is -0.480 e. The number of hydrogen-bond donors (Lipinski definition) is 3. The topological polar surface area (TPSA) is 172 Å². The molecule has 0 rings (SSSR count). The van der Waals surface area contributed by atoms with E-state index in [1.807, 2.05) is 0 Å². The highest BCUT2D eigenvalue weighted by atomic mass is 31.2. The highest BCUT2D eigenvalue weighted by Gasteiger charge is 2.28. The van der Waals surface area contributed by atoms with Crippen molar-refractivity contribution < 1.29 is 47.5 Å². The average Bonchev–Trinajstić information content (AvgIpc) is 3.14. The fourth-order valence-corrected chi connectivity index (χ4v) is 6.84. The SMILES string of the molecule is CCCCCCC/C=C\CCCCCCCC(=O)OC(COC(=O)CCCCCCCCCCCCCCCCCC)COP(=O)(O)OCC(N)C(=O)O. The van der Waals surface area contributed by atoms with E-state index in [2.05, 4.69) is 30.5 Å². The molecule has 0 saturated carbocycles. The molecule has 318 valence electrons. The minimum absolute atomic E-state index is 0.155. The quantitative estimate of drug-likeness (QED) is 0.0233. The molecular weight excluding hydrogens is 709 g/mol. The molecule has 0 bridgehead atoms. The number of carbonyl (C=O) groups excluding carboxylic acids is 2. The maximum absolute atomic E-state index is 12.6. The number of carboxylic acid groups (broad SMARTS) is 1. The van der Waals surface area contributed by atoms with E-state index >= 15 is 0 Å². The van der Waals surface area contributed by atoms with Crippen LogP contribution in [0.5, 0.6) is 0 Å². The van der Waals surface area contributed by atoms with E-state index in [1.54, 1.807) is 0 Å². The first kappa shape index (κ1) is 52.2. The molecule has 3 unspecified atom stereocenters. The fraction of sp³-hybridized carbons (Fsp3) is 0.881. The van der Waals surface area contributed by atoms with Gasteiger partial charge in [0.05, 0.1) is 13.2 Å². The number of carboxylic acids is 1. The van der Waals surface area contributed by atoms with Crippen LogP contribution in [-0.2, 0) is 37.5 Å². The molecule has 0 aromatic carbocycles. The molecule has 0 amide bonds. The highest BCUT2D eigenvalue weighted by molar-refractivity contribution is 7.47. The smallest absolute Gasteiger partial charge is 0.472 e. The third-order valence-corrected chi connectivity index (χ3v) is 10.5. The summed E-state index contributed by atoms with van der Waals surface area (Å²) in [4.78, 5) is 45.9. The first-order valence-electron chi connectivity index (χ1n) is 21.7. The molecule has 3 atom stereocenters. The summed E-state index contributed by atoms with van der Waals surface area (Å²) in [6, 6.07) is -1.52. The molecule has 0 aliphatic rings. The predicted molar refractivity (Wildman–Crippen MR) is 217 cm³/mol. The van der Waals surface area contributed by atoms with E-state index in [-0.39, 0.29) is 19.4 Å². The summed E-state index contributed by atoms with van der Waals surface area (Å²) < 4.78 is 32.7. The van der Waals surface area contributed by atoms with Crippen molar-refractivity contribution in [2.24, 2.45) is 5.73 Å². The van der Waals surface area contributed by atoms with Crippen LogP contribution in [0.4, 0.5) is 0 Å². The first-order valence-corrected chi connectivity index (χ1v) is 23.2. The summed E-state index contributed by atoms with van der Waals surface area (Å²) in [5.41, 5.74) is 5.33. The number of phosphoric acid groups is 1. The summed E-state index contributed by atoms with van der Waals surface area (Å²) in [5, 5.41) is 8.88. The zero-order valence-electron chi connectivity index (χ0n) is 34.3. The number of hydrogen-bond acceptors (Lipinski definition) is 9. The predicted octanol–water partition coefficient (Wildman–Crippen LogP) is 11.3. The van der Waals surface area contributed by atoms with E-state index in [9.17, 15) is 23.8 Å². The molecule has 0 fully saturated rings. The monoisotopic (exact) mass is 790 g/mol. The van der Waals surface area contributed by atoms with Gasteiger partial charge in [-0.1, -0.05) is 167 Å². The second kappa shape index (κ2) is 38.1. The Hall–Kier alpha value is -1.78. The van der Waals surface area contributed by atoms with Crippen molar-refractivity contribution in [3.63, 3.8) is 0 Å². The molecule has 0 heterocycles. The normalized spacial score (nSPS) is 13.9. The number of aliphatic carboxylic acids is 1. The lowest BCUT2D eigenvalue weighted by atomic mass is 10.0. The van der Waals surface area contributed by atoms with Crippen molar-refractivity contribution in [2.75, 3.05) is 19.8 Å². The van der Waals surface area contributed by atoms with Gasteiger partial charge in [0.25, 0.3) is 0 Å². The largest absolute Gasteiger partial charge is 0.480 e. The lowest BCUT2D eigenvalue weighted by Gasteiger charge is -2.20. The van der Waals surface area contributed by atoms with Crippen molar-refractivity contribution in [3.05, 3.63) is 12.2 Å². The second-order valence-electron chi connectivity index (χ2n) is 14.8. The third kappa shape index (κ3) is 37.2. The molecular formula is C42H80NO10P. The number of carbonyl (C=O) groups is 3. The standard InChI is InChI=1S/C42H80NO10P/c1-3-5-7-9-11-13-15-17-19-20-22-23-25-27-29-31-33-40(44)50-35-38(36-51-54(48,49)52-37-39(43)42(46)47)53-41(45)34-32-30-28-26-24-21-18-16-14-12-10-8-6-4-2/h16,18,38-39H,3-15,17,19-37,43H2,1-2H3,(H,46,47)(H,48,49)/b18-16-. The third-order valence-electron chi connectivity index (χ3n) is 9.51. The molecule has 0 saturated heterocycles. The average molecular weight is 790 g/mol. The molecule has 11 nitrogen and oxygen atoms in total. The van der Waals surface area contributed by atoms with Crippen molar-refractivity contribution >= 4 is 25.7 Å². The van der Waals surface area contributed by atoms with Crippen LogP contribution in [0.15, 0.2) is 12.2 Å². The van der Waals surface area contributed by atoms with Gasteiger partial charge in [-0.25, -0.2) is 4.57 Å². The van der Waals surface area contributed by atoms with Crippen molar-refractivity contribution in [1.29, 1.82) is 0 Å². The van der Waals surface area contributed by atoms with Crippen LogP contribution in [0.2, 0.25) is 0 Å². The lowest BCUT2D eigenvalue weighted by molar-refractivity contribution is -0.161. The van der Waals surface area contributed by atoms with Crippen molar-refractivity contribution in [3.8, 4) is 0 Å². The highest BCUT2D eigenvalue weighted by Crippen LogP contribution is 2.43. The van der Waals surface area contributed by atoms with Gasteiger partial charge in [-0.05, 0) is 38.5 Å². The maximum atomic E-state index is 12.6. The number of esters is 2. The Kier molecular flexibility index (Phi) is 36.9. The van der Waals surface area contributed by atoms with E-state index in [1.165, 1.54) is 109 Å². The Balaban J connectivity index is 4.34. The van der Waals surface area contributed by atoms with Crippen LogP contribution < -0.4 is 5.73 Å². The van der Waals surface area contributed by atoms with Crippen LogP contribution in [0.3, 0.4) is 0 Å². The Morgan fingerprint density at radius 2 is 0.926 bits per heavy atom. The minimum atomic E-state index is -4.71. The van der Waals surface area contributed by atoms with Crippen molar-refractivity contribution in [2.45, 2.75) is 219 Å². The number of ether oxygens (including phenoxy) is 2. The number of rotatable bonds is 41. The molecule has 0 radical (unpaired) electrons. The maximum Gasteiger partial charge on any atom is 0.472 e. The summed E-state index contributed by atoms with van der Waals surface area (Å²) >= 11 is 0. The van der Waals surface area contributed by atoms with E-state index in [0.717, 1.165) is 57.8 Å². The zero-order valence-corrected chi connectivity index (χ0v) is 35.2. The molecule has 0 aliphatic heterocycles. The first-order chi connectivity index (χ1) is 26.1. The van der Waals surface area contributed by atoms with Gasteiger partial charge in [0.2, 0.25) is 0 Å². The van der Waals surface area contributed by atoms with Crippen LogP contribution in [-0.4, -0.2) is 59.9 Å². The van der Waals surface area contributed by atoms with E-state index < -0.39 is 51.1 Å². The number of allylic oxidation sites excluding steroid dienone is 2. The van der Waals surface area contributed by atoms with Crippen molar-refractivity contribution in [1.82, 2.24) is 0 Å². The summed E-state index contributed by atoms with van der Waals surface area (Å²) in [6.45, 7) is 2.80. The molecule has 0 spiro atoms. The Morgan fingerprint density at radius 3 is 1.35 bits per heavy atom. The van der Waals surface area contributed by atoms with Gasteiger partial charge in [-0.2, -0.15) is 0 Å². The molecule has 0 aromatic rings. The lowest BCUT2D eigenvalue weighted by Crippen LogP contribution is -2.34. The Labute approximate surface area is 328 Å². The van der Waals surface area contributed by atoms with Gasteiger partial charge in [0, 0.05) is 12.8 Å². The van der Waals surface area contributed by atoms with Gasteiger partial charge in [0.1, 0.15) is 12.6 Å². The number of phosphoric ester groups is 1. The van der Waals surface area contributed by atoms with Crippen LogP contribution in [0, 0.1) is 0 Å². The van der Waals surface area contributed by atoms with E-state index in [4.69, 9.17) is 24.8 Å². The zero-order chi connectivity index (χ0) is 40.0. The van der Waals surface area contributed by atoms with Crippen LogP contribution in [0.1, 0.15) is 206 Å². The number of unbranched alkanes of at least 4 members (excludes halogenated alkanes) is 25. The van der Waals surface area contributed by atoms with E-state index in [0.29, 0.717) is 12.8 Å². The molecule has 0 aliphatic carbocycles.